The van der Waals surface area contributed by atoms with Gasteiger partial charge in [-0.2, -0.15) is 0 Å². The van der Waals surface area contributed by atoms with Crippen molar-refractivity contribution in [3.05, 3.63) is 65.7 Å². The van der Waals surface area contributed by atoms with Gasteiger partial charge in [0.1, 0.15) is 5.75 Å². The van der Waals surface area contributed by atoms with E-state index in [9.17, 15) is 13.2 Å². The summed E-state index contributed by atoms with van der Waals surface area (Å²) in [5.41, 5.74) is 2.05. The Morgan fingerprint density at radius 1 is 1.09 bits per heavy atom. The van der Waals surface area contributed by atoms with Crippen LogP contribution in [0.5, 0.6) is 5.75 Å². The Labute approximate surface area is 136 Å². The molecule has 2 rings (SSSR count). The van der Waals surface area contributed by atoms with Gasteiger partial charge in [0.05, 0.1) is 6.26 Å². The van der Waals surface area contributed by atoms with Crippen LogP contribution in [0.1, 0.15) is 18.1 Å². The summed E-state index contributed by atoms with van der Waals surface area (Å²) >= 11 is 0. The van der Waals surface area contributed by atoms with E-state index in [0.717, 1.165) is 17.4 Å². The number of carbonyl (C=O) groups excluding carboxylic acids is 1. The van der Waals surface area contributed by atoms with Crippen LogP contribution in [0.25, 0.3) is 0 Å². The first-order valence-corrected chi connectivity index (χ1v) is 9.04. The number of sulfonamides is 1. The van der Waals surface area contributed by atoms with Gasteiger partial charge in [-0.15, -0.1) is 0 Å². The molecule has 1 atom stereocenters. The second-order valence-corrected chi connectivity index (χ2v) is 7.02. The molecule has 0 heterocycles. The highest BCUT2D eigenvalue weighted by Crippen LogP contribution is 2.22. The maximum Gasteiger partial charge on any atom is 0.274 e. The first kappa shape index (κ1) is 17.0. The van der Waals surface area contributed by atoms with E-state index in [4.69, 9.17) is 4.74 Å². The molecule has 0 saturated carbocycles. The van der Waals surface area contributed by atoms with E-state index in [0.29, 0.717) is 12.2 Å². The minimum Gasteiger partial charge on any atom is -0.481 e. The van der Waals surface area contributed by atoms with Crippen LogP contribution in [-0.2, 0) is 21.2 Å². The number of amides is 1. The number of para-hydroxylation sites is 1. The lowest BCUT2D eigenvalue weighted by Gasteiger charge is -2.16. The number of ether oxygens (including phenoxy) is 1. The highest BCUT2D eigenvalue weighted by molar-refractivity contribution is 7.89. The third-order valence-corrected chi connectivity index (χ3v) is 3.74. The van der Waals surface area contributed by atoms with Gasteiger partial charge in [-0.25, -0.2) is 8.42 Å². The molecule has 0 spiro atoms. The van der Waals surface area contributed by atoms with Gasteiger partial charge < -0.3 is 4.74 Å². The van der Waals surface area contributed by atoms with Crippen molar-refractivity contribution in [3.8, 4) is 5.75 Å². The van der Waals surface area contributed by atoms with Crippen molar-refractivity contribution in [2.24, 2.45) is 0 Å². The average Bonchev–Trinajstić information content (AvgIpc) is 2.48. The molecule has 1 amide bonds. The quantitative estimate of drug-likeness (QED) is 0.879. The number of hydrogen-bond donors (Lipinski definition) is 1. The van der Waals surface area contributed by atoms with Crippen molar-refractivity contribution in [1.29, 1.82) is 0 Å². The van der Waals surface area contributed by atoms with Crippen LogP contribution in [0.2, 0.25) is 0 Å². The van der Waals surface area contributed by atoms with Crippen LogP contribution in [-0.4, -0.2) is 26.7 Å². The van der Waals surface area contributed by atoms with E-state index in [1.165, 1.54) is 6.92 Å². The van der Waals surface area contributed by atoms with E-state index < -0.39 is 22.0 Å². The topological polar surface area (TPSA) is 72.5 Å². The first-order chi connectivity index (χ1) is 10.8. The first-order valence-electron chi connectivity index (χ1n) is 7.15. The predicted molar refractivity (Wildman–Crippen MR) is 88.8 cm³/mol. The molecule has 0 radical (unpaired) electrons. The van der Waals surface area contributed by atoms with Crippen molar-refractivity contribution in [2.75, 3.05) is 6.26 Å². The monoisotopic (exact) mass is 333 g/mol. The van der Waals surface area contributed by atoms with Crippen LogP contribution >= 0.6 is 0 Å². The molecule has 0 saturated heterocycles. The highest BCUT2D eigenvalue weighted by Gasteiger charge is 2.19. The van der Waals surface area contributed by atoms with Crippen molar-refractivity contribution < 1.29 is 17.9 Å². The molecule has 122 valence electrons. The van der Waals surface area contributed by atoms with Crippen LogP contribution in [0, 0.1) is 0 Å². The van der Waals surface area contributed by atoms with Crippen molar-refractivity contribution in [3.63, 3.8) is 0 Å². The van der Waals surface area contributed by atoms with Gasteiger partial charge in [-0.1, -0.05) is 48.5 Å². The minimum atomic E-state index is -3.60. The molecule has 23 heavy (non-hydrogen) atoms. The lowest BCUT2D eigenvalue weighted by Crippen LogP contribution is -2.39. The van der Waals surface area contributed by atoms with Gasteiger partial charge in [-0.05, 0) is 24.1 Å². The molecule has 0 aliphatic rings. The summed E-state index contributed by atoms with van der Waals surface area (Å²) in [4.78, 5) is 11.8. The number of rotatable bonds is 6. The Kier molecular flexibility index (Phi) is 5.39. The van der Waals surface area contributed by atoms with Crippen molar-refractivity contribution in [1.82, 2.24) is 4.72 Å². The fraction of sp³-hybridized carbons (Fsp3) is 0.235. The highest BCUT2D eigenvalue weighted by atomic mass is 32.2. The Morgan fingerprint density at radius 2 is 1.70 bits per heavy atom. The number of nitrogens with one attached hydrogen (secondary N) is 1. The zero-order valence-corrected chi connectivity index (χ0v) is 13.8. The zero-order valence-electron chi connectivity index (χ0n) is 13.0. The van der Waals surface area contributed by atoms with Gasteiger partial charge >= 0.3 is 0 Å². The van der Waals surface area contributed by atoms with E-state index in [1.54, 1.807) is 6.07 Å². The summed E-state index contributed by atoms with van der Waals surface area (Å²) in [6, 6.07) is 17.3. The van der Waals surface area contributed by atoms with Crippen LogP contribution in [0.4, 0.5) is 0 Å². The molecule has 2 aromatic rings. The fourth-order valence-corrected chi connectivity index (χ4v) is 2.62. The van der Waals surface area contributed by atoms with E-state index in [2.05, 4.69) is 0 Å². The van der Waals surface area contributed by atoms with Gasteiger partial charge in [0.25, 0.3) is 5.91 Å². The van der Waals surface area contributed by atoms with Crippen LogP contribution in [0.3, 0.4) is 0 Å². The molecule has 2 aromatic carbocycles. The van der Waals surface area contributed by atoms with Crippen molar-refractivity contribution in [2.45, 2.75) is 19.4 Å². The average molecular weight is 333 g/mol. The Morgan fingerprint density at radius 3 is 2.35 bits per heavy atom. The van der Waals surface area contributed by atoms with Crippen LogP contribution in [0.15, 0.2) is 54.6 Å². The maximum atomic E-state index is 11.8. The smallest absolute Gasteiger partial charge is 0.274 e. The molecular weight excluding hydrogens is 314 g/mol. The summed E-state index contributed by atoms with van der Waals surface area (Å²) < 4.78 is 29.8. The molecule has 0 fully saturated rings. The van der Waals surface area contributed by atoms with E-state index in [-0.39, 0.29) is 0 Å². The van der Waals surface area contributed by atoms with Gasteiger partial charge in [0, 0.05) is 6.42 Å². The molecule has 0 aliphatic heterocycles. The summed E-state index contributed by atoms with van der Waals surface area (Å²) in [6.45, 7) is 1.51. The number of carbonyl (C=O) groups is 1. The standard InChI is InChI=1S/C17H19NO4S/c1-13(17(19)18-23(2,20)21)22-16-11-7-6-10-15(16)12-14-8-4-3-5-9-14/h3-11,13H,12H2,1-2H3,(H,18,19). The normalized spacial score (nSPS) is 12.4. The molecule has 6 heteroatoms. The van der Waals surface area contributed by atoms with Gasteiger partial charge in [-0.3, -0.25) is 9.52 Å². The number of benzene rings is 2. The fourth-order valence-electron chi connectivity index (χ4n) is 2.09. The minimum absolute atomic E-state index is 0.563. The molecule has 0 aromatic heterocycles. The largest absolute Gasteiger partial charge is 0.481 e. The summed E-state index contributed by atoms with van der Waals surface area (Å²) in [5, 5.41) is 0. The molecule has 5 nitrogen and oxygen atoms in total. The second-order valence-electron chi connectivity index (χ2n) is 5.27. The van der Waals surface area contributed by atoms with Crippen LogP contribution < -0.4 is 9.46 Å². The summed E-state index contributed by atoms with van der Waals surface area (Å²) in [6.07, 6.45) is 0.680. The Hall–Kier alpha value is -2.34. The lowest BCUT2D eigenvalue weighted by atomic mass is 10.0. The molecule has 0 bridgehead atoms. The third kappa shape index (κ3) is 5.41. The van der Waals surface area contributed by atoms with Crippen molar-refractivity contribution >= 4 is 15.9 Å². The summed E-state index contributed by atoms with van der Waals surface area (Å²) in [5.74, 6) is -0.130. The van der Waals surface area contributed by atoms with E-state index in [1.807, 2.05) is 53.3 Å². The molecule has 1 unspecified atom stereocenters. The van der Waals surface area contributed by atoms with E-state index >= 15 is 0 Å². The van der Waals surface area contributed by atoms with Gasteiger partial charge in [0.15, 0.2) is 6.10 Å². The predicted octanol–water partition coefficient (Wildman–Crippen LogP) is 2.12. The number of hydrogen-bond acceptors (Lipinski definition) is 4. The van der Waals surface area contributed by atoms with Gasteiger partial charge in [0.2, 0.25) is 10.0 Å². The molecule has 0 aliphatic carbocycles. The Balaban J connectivity index is 2.13. The molecular formula is C17H19NO4S. The molecule has 1 N–H and O–H groups in total. The summed E-state index contributed by atoms with van der Waals surface area (Å²) in [7, 11) is -3.60. The second kappa shape index (κ2) is 7.28. The maximum absolute atomic E-state index is 11.8. The zero-order chi connectivity index (χ0) is 16.9. The Bertz CT molecular complexity index is 772. The third-order valence-electron chi connectivity index (χ3n) is 3.17. The lowest BCUT2D eigenvalue weighted by molar-refractivity contribution is -0.125. The SMILES string of the molecule is CC(Oc1ccccc1Cc1ccccc1)C(=O)NS(C)(=O)=O.